The van der Waals surface area contributed by atoms with E-state index in [1.807, 2.05) is 18.2 Å². The summed E-state index contributed by atoms with van der Waals surface area (Å²) in [4.78, 5) is 2.36. The summed E-state index contributed by atoms with van der Waals surface area (Å²) in [5.74, 6) is 14.3. The van der Waals surface area contributed by atoms with Crippen molar-refractivity contribution in [1.82, 2.24) is 4.90 Å². The van der Waals surface area contributed by atoms with E-state index in [0.29, 0.717) is 5.92 Å². The Hall–Kier alpha value is -1.74. The van der Waals surface area contributed by atoms with Gasteiger partial charge in [-0.1, -0.05) is 61.1 Å². The van der Waals surface area contributed by atoms with E-state index in [1.54, 1.807) is 0 Å². The Bertz CT molecular complexity index is 589. The zero-order chi connectivity index (χ0) is 15.7. The van der Waals surface area contributed by atoms with Gasteiger partial charge < -0.3 is 4.74 Å². The van der Waals surface area contributed by atoms with Crippen molar-refractivity contribution in [3.8, 4) is 23.7 Å². The number of rotatable bonds is 1. The third kappa shape index (κ3) is 5.14. The fourth-order valence-corrected chi connectivity index (χ4v) is 3.17. The average Bonchev–Trinajstić information content (AvgIpc) is 2.64. The molecule has 0 amide bonds. The first-order valence-electron chi connectivity index (χ1n) is 8.81. The van der Waals surface area contributed by atoms with Gasteiger partial charge in [-0.25, -0.2) is 0 Å². The van der Waals surface area contributed by atoms with Gasteiger partial charge in [0, 0.05) is 24.6 Å². The molecule has 1 atom stereocenters. The first-order chi connectivity index (χ1) is 11.4. The van der Waals surface area contributed by atoms with Gasteiger partial charge in [-0.05, 0) is 25.0 Å². The summed E-state index contributed by atoms with van der Waals surface area (Å²) >= 11 is 0. The fourth-order valence-electron chi connectivity index (χ4n) is 3.17. The quantitative estimate of drug-likeness (QED) is 0.738. The third-order valence-electron chi connectivity index (χ3n) is 4.57. The van der Waals surface area contributed by atoms with Crippen LogP contribution < -0.4 is 0 Å². The maximum atomic E-state index is 5.47. The number of hydrogen-bond acceptors (Lipinski definition) is 2. The minimum Gasteiger partial charge on any atom is -0.379 e. The Labute approximate surface area is 140 Å². The Balaban J connectivity index is 1.73. The largest absolute Gasteiger partial charge is 0.379 e. The van der Waals surface area contributed by atoms with Crippen LogP contribution in [0.2, 0.25) is 0 Å². The van der Waals surface area contributed by atoms with Crippen LogP contribution in [0.4, 0.5) is 0 Å². The first-order valence-corrected chi connectivity index (χ1v) is 8.81. The van der Waals surface area contributed by atoms with Crippen molar-refractivity contribution in [1.29, 1.82) is 0 Å². The second-order valence-corrected chi connectivity index (χ2v) is 6.31. The smallest absolute Gasteiger partial charge is 0.134 e. The van der Waals surface area contributed by atoms with Crippen molar-refractivity contribution in [2.75, 3.05) is 26.3 Å². The summed E-state index contributed by atoms with van der Waals surface area (Å²) in [6.45, 7) is 3.42. The van der Waals surface area contributed by atoms with E-state index in [1.165, 1.54) is 32.1 Å². The maximum Gasteiger partial charge on any atom is 0.134 e. The lowest BCUT2D eigenvalue weighted by molar-refractivity contribution is 0.0356. The first kappa shape index (κ1) is 16.1. The Morgan fingerprint density at radius 2 is 1.70 bits per heavy atom. The highest BCUT2D eigenvalue weighted by atomic mass is 16.5. The van der Waals surface area contributed by atoms with E-state index in [-0.39, 0.29) is 6.04 Å². The monoisotopic (exact) mass is 307 g/mol. The fraction of sp³-hybridized carbons (Fsp3) is 0.524. The molecule has 1 aliphatic heterocycles. The van der Waals surface area contributed by atoms with Gasteiger partial charge in [0.1, 0.15) is 6.04 Å². The zero-order valence-corrected chi connectivity index (χ0v) is 13.8. The predicted molar refractivity (Wildman–Crippen MR) is 93.9 cm³/mol. The molecular weight excluding hydrogens is 282 g/mol. The molecule has 2 heteroatoms. The molecule has 1 aromatic rings. The van der Waals surface area contributed by atoms with Gasteiger partial charge in [0.2, 0.25) is 0 Å². The highest BCUT2D eigenvalue weighted by Crippen LogP contribution is 2.22. The molecule has 0 aromatic heterocycles. The van der Waals surface area contributed by atoms with Crippen LogP contribution in [-0.2, 0) is 4.74 Å². The molecule has 3 rings (SSSR count). The minimum absolute atomic E-state index is 0.0287. The van der Waals surface area contributed by atoms with E-state index in [2.05, 4.69) is 40.7 Å². The molecule has 1 saturated carbocycles. The van der Waals surface area contributed by atoms with Gasteiger partial charge in [0.05, 0.1) is 13.2 Å². The van der Waals surface area contributed by atoms with Crippen molar-refractivity contribution >= 4 is 0 Å². The Kier molecular flexibility index (Phi) is 6.16. The molecule has 120 valence electrons. The predicted octanol–water partition coefficient (Wildman–Crippen LogP) is 3.32. The molecular formula is C21H25NO. The van der Waals surface area contributed by atoms with Crippen molar-refractivity contribution in [2.45, 2.75) is 38.1 Å². The lowest BCUT2D eigenvalue weighted by atomic mass is 9.89. The zero-order valence-electron chi connectivity index (χ0n) is 13.8. The standard InChI is InChI=1S/C21H25NO/c1-3-7-19(8-4-1)11-13-21(22-15-17-23-18-16-22)14-12-20-9-5-2-6-10-20/h1,3-4,7-8,20-21H,2,5-6,9-10,15-18H2. The van der Waals surface area contributed by atoms with Crippen LogP contribution in [-0.4, -0.2) is 37.2 Å². The number of morpholine rings is 1. The van der Waals surface area contributed by atoms with Gasteiger partial charge >= 0.3 is 0 Å². The molecule has 1 saturated heterocycles. The van der Waals surface area contributed by atoms with Crippen molar-refractivity contribution < 1.29 is 4.74 Å². The Morgan fingerprint density at radius 3 is 2.43 bits per heavy atom. The van der Waals surface area contributed by atoms with Crippen molar-refractivity contribution in [3.05, 3.63) is 35.9 Å². The summed E-state index contributed by atoms with van der Waals surface area (Å²) < 4.78 is 5.47. The summed E-state index contributed by atoms with van der Waals surface area (Å²) in [7, 11) is 0. The van der Waals surface area contributed by atoms with E-state index in [0.717, 1.165) is 31.9 Å². The topological polar surface area (TPSA) is 12.5 Å². The second kappa shape index (κ2) is 8.78. The van der Waals surface area contributed by atoms with Crippen LogP contribution in [0.25, 0.3) is 0 Å². The normalized spacial score (nSPS) is 20.7. The summed E-state index contributed by atoms with van der Waals surface area (Å²) in [5, 5.41) is 0. The van der Waals surface area contributed by atoms with E-state index in [4.69, 9.17) is 4.74 Å². The average molecular weight is 307 g/mol. The lowest BCUT2D eigenvalue weighted by Crippen LogP contribution is -2.42. The summed E-state index contributed by atoms with van der Waals surface area (Å²) in [5.41, 5.74) is 1.06. The van der Waals surface area contributed by atoms with Crippen LogP contribution >= 0.6 is 0 Å². The highest BCUT2D eigenvalue weighted by molar-refractivity contribution is 5.37. The highest BCUT2D eigenvalue weighted by Gasteiger charge is 2.18. The second-order valence-electron chi connectivity index (χ2n) is 6.31. The van der Waals surface area contributed by atoms with Gasteiger partial charge in [-0.2, -0.15) is 0 Å². The van der Waals surface area contributed by atoms with Crippen LogP contribution in [0, 0.1) is 29.6 Å². The maximum absolute atomic E-state index is 5.47. The summed E-state index contributed by atoms with van der Waals surface area (Å²) in [6.07, 6.45) is 6.55. The molecule has 0 N–H and O–H groups in total. The van der Waals surface area contributed by atoms with Gasteiger partial charge in [-0.15, -0.1) is 0 Å². The SMILES string of the molecule is C(#CC(C#CC1CCCCC1)N1CCOCC1)c1ccccc1. The van der Waals surface area contributed by atoms with Gasteiger partial charge in [0.15, 0.2) is 0 Å². The molecule has 1 aliphatic carbocycles. The molecule has 23 heavy (non-hydrogen) atoms. The third-order valence-corrected chi connectivity index (χ3v) is 4.57. The minimum atomic E-state index is 0.0287. The van der Waals surface area contributed by atoms with Gasteiger partial charge in [0.25, 0.3) is 0 Å². The van der Waals surface area contributed by atoms with Crippen LogP contribution in [0.1, 0.15) is 37.7 Å². The molecule has 1 unspecified atom stereocenters. The van der Waals surface area contributed by atoms with Crippen LogP contribution in [0.5, 0.6) is 0 Å². The van der Waals surface area contributed by atoms with Gasteiger partial charge in [-0.3, -0.25) is 4.90 Å². The van der Waals surface area contributed by atoms with E-state index in [9.17, 15) is 0 Å². The Morgan fingerprint density at radius 1 is 0.957 bits per heavy atom. The molecule has 2 nitrogen and oxygen atoms in total. The summed E-state index contributed by atoms with van der Waals surface area (Å²) in [6, 6.07) is 10.2. The molecule has 2 fully saturated rings. The van der Waals surface area contributed by atoms with Crippen LogP contribution in [0.15, 0.2) is 30.3 Å². The van der Waals surface area contributed by atoms with Crippen molar-refractivity contribution in [3.63, 3.8) is 0 Å². The van der Waals surface area contributed by atoms with E-state index >= 15 is 0 Å². The van der Waals surface area contributed by atoms with E-state index < -0.39 is 0 Å². The number of ether oxygens (including phenoxy) is 1. The molecule has 0 bridgehead atoms. The van der Waals surface area contributed by atoms with Crippen LogP contribution in [0.3, 0.4) is 0 Å². The lowest BCUT2D eigenvalue weighted by Gasteiger charge is -2.29. The molecule has 1 heterocycles. The molecule has 0 spiro atoms. The number of nitrogens with zero attached hydrogens (tertiary/aromatic N) is 1. The van der Waals surface area contributed by atoms with Crippen molar-refractivity contribution in [2.24, 2.45) is 5.92 Å². The number of hydrogen-bond donors (Lipinski definition) is 0. The number of benzene rings is 1. The molecule has 0 radical (unpaired) electrons. The molecule has 2 aliphatic rings. The molecule has 1 aromatic carbocycles.